The van der Waals surface area contributed by atoms with Crippen LogP contribution in [-0.4, -0.2) is 22.8 Å². The largest absolute Gasteiger partial charge is 0.409 e. The van der Waals surface area contributed by atoms with Crippen molar-refractivity contribution in [1.29, 1.82) is 0 Å². The maximum Gasteiger partial charge on any atom is 0.409 e. The van der Waals surface area contributed by atoms with Crippen molar-refractivity contribution in [3.8, 4) is 0 Å². The van der Waals surface area contributed by atoms with Gasteiger partial charge in [0.1, 0.15) is 0 Å². The number of hydrogen-bond donors (Lipinski definition) is 0. The molecule has 0 fully saturated rings. The van der Waals surface area contributed by atoms with E-state index in [1.54, 1.807) is 0 Å². The summed E-state index contributed by atoms with van der Waals surface area (Å²) < 4.78 is 10.1. The molecule has 0 aromatic carbocycles. The Kier molecular flexibility index (Phi) is 5.70. The first-order chi connectivity index (χ1) is 5.24. The topological polar surface area (TPSA) is 36.9 Å². The van der Waals surface area contributed by atoms with Gasteiger partial charge in [0.05, 0.1) is 14.2 Å². The van der Waals surface area contributed by atoms with Crippen molar-refractivity contribution in [2.75, 3.05) is 14.2 Å². The first kappa shape index (κ1) is 11.1. The molecule has 5 heteroatoms. The van der Waals surface area contributed by atoms with Gasteiger partial charge in [-0.2, -0.15) is 0 Å². The van der Waals surface area contributed by atoms with Gasteiger partial charge in [0.2, 0.25) is 0 Å². The Hall–Kier alpha value is 0.0569. The molecular formula is C6H16O4Si. The highest BCUT2D eigenvalue weighted by Gasteiger charge is 2.37. The Bertz CT molecular complexity index is 86.6. The normalized spacial score (nSPS) is 12.0. The molecule has 0 unspecified atom stereocenters. The zero-order chi connectivity index (χ0) is 8.74. The third-order valence-electron chi connectivity index (χ3n) is 1.55. The Morgan fingerprint density at radius 1 is 0.909 bits per heavy atom. The number of rotatable bonds is 6. The van der Waals surface area contributed by atoms with Crippen molar-refractivity contribution in [3.05, 3.63) is 0 Å². The molecule has 0 N–H and O–H groups in total. The van der Waals surface area contributed by atoms with Crippen LogP contribution in [0, 0.1) is 0 Å². The summed E-state index contributed by atoms with van der Waals surface area (Å²) in [5.41, 5.74) is 0. The van der Waals surface area contributed by atoms with E-state index in [0.29, 0.717) is 0 Å². The van der Waals surface area contributed by atoms with Crippen molar-refractivity contribution in [2.24, 2.45) is 0 Å². The fourth-order valence-corrected chi connectivity index (χ4v) is 2.41. The summed E-state index contributed by atoms with van der Waals surface area (Å²) >= 11 is 0. The lowest BCUT2D eigenvalue weighted by Crippen LogP contribution is -2.40. The molecule has 0 aliphatic heterocycles. The first-order valence-corrected chi connectivity index (χ1v) is 5.91. The summed E-state index contributed by atoms with van der Waals surface area (Å²) in [6.07, 6.45) is 0. The monoisotopic (exact) mass is 180 g/mol. The van der Waals surface area contributed by atoms with Crippen LogP contribution in [0.15, 0.2) is 0 Å². The molecule has 0 aromatic rings. The first-order valence-electron chi connectivity index (χ1n) is 3.68. The highest BCUT2D eigenvalue weighted by atomic mass is 28.4. The van der Waals surface area contributed by atoms with Crippen LogP contribution in [0.4, 0.5) is 0 Å². The Balaban J connectivity index is 3.96. The van der Waals surface area contributed by atoms with Crippen LogP contribution >= 0.6 is 0 Å². The van der Waals surface area contributed by atoms with E-state index in [-0.39, 0.29) is 0 Å². The van der Waals surface area contributed by atoms with Gasteiger partial charge in [-0.15, -0.1) is 0 Å². The van der Waals surface area contributed by atoms with Gasteiger partial charge >= 0.3 is 8.56 Å². The van der Waals surface area contributed by atoms with Gasteiger partial charge in [-0.05, 0) is 12.1 Å². The summed E-state index contributed by atoms with van der Waals surface area (Å²) in [7, 11) is 0.769. The van der Waals surface area contributed by atoms with E-state index >= 15 is 0 Å². The average molecular weight is 180 g/mol. The highest BCUT2D eigenvalue weighted by Crippen LogP contribution is 2.18. The zero-order valence-corrected chi connectivity index (χ0v) is 8.55. The van der Waals surface area contributed by atoms with Gasteiger partial charge < -0.3 is 0 Å². The maximum absolute atomic E-state index is 5.06. The van der Waals surface area contributed by atoms with Crippen molar-refractivity contribution in [1.82, 2.24) is 0 Å². The Morgan fingerprint density at radius 2 is 1.27 bits per heavy atom. The lowest BCUT2D eigenvalue weighted by molar-refractivity contribution is -0.270. The fraction of sp³-hybridized carbons (Fsp3) is 1.00. The van der Waals surface area contributed by atoms with E-state index in [9.17, 15) is 0 Å². The second kappa shape index (κ2) is 5.67. The van der Waals surface area contributed by atoms with Crippen LogP contribution in [0.1, 0.15) is 13.8 Å². The van der Waals surface area contributed by atoms with Gasteiger partial charge in [0.15, 0.2) is 0 Å². The Labute approximate surface area is 68.5 Å². The van der Waals surface area contributed by atoms with Crippen LogP contribution in [0.5, 0.6) is 0 Å². The smallest absolute Gasteiger partial charge is 0.249 e. The lowest BCUT2D eigenvalue weighted by Gasteiger charge is -2.23. The minimum atomic E-state index is -2.19. The molecule has 0 bridgehead atoms. The molecule has 0 spiro atoms. The third kappa shape index (κ3) is 3.30. The molecule has 0 rings (SSSR count). The summed E-state index contributed by atoms with van der Waals surface area (Å²) in [6, 6.07) is 1.62. The molecule has 0 aromatic heterocycles. The van der Waals surface area contributed by atoms with Crippen LogP contribution in [0.3, 0.4) is 0 Å². The average Bonchev–Trinajstić information content (AvgIpc) is 2.04. The summed E-state index contributed by atoms with van der Waals surface area (Å²) in [5.74, 6) is 0. The molecule has 0 atom stereocenters. The molecule has 0 saturated carbocycles. The van der Waals surface area contributed by atoms with Crippen LogP contribution < -0.4 is 0 Å². The quantitative estimate of drug-likeness (QED) is 0.353. The molecule has 0 amide bonds. The predicted molar refractivity (Wildman–Crippen MR) is 42.9 cm³/mol. The molecular weight excluding hydrogens is 164 g/mol. The van der Waals surface area contributed by atoms with E-state index in [1.807, 2.05) is 13.8 Å². The summed E-state index contributed by atoms with van der Waals surface area (Å²) in [5, 5.41) is 0. The van der Waals surface area contributed by atoms with Crippen molar-refractivity contribution in [2.45, 2.75) is 25.9 Å². The van der Waals surface area contributed by atoms with Crippen LogP contribution in [0.25, 0.3) is 0 Å². The van der Waals surface area contributed by atoms with E-state index in [0.717, 1.165) is 12.1 Å². The predicted octanol–water partition coefficient (Wildman–Crippen LogP) is 1.62. The molecule has 0 aliphatic rings. The summed E-state index contributed by atoms with van der Waals surface area (Å²) in [6.45, 7) is 3.99. The van der Waals surface area contributed by atoms with Crippen molar-refractivity contribution >= 4 is 8.56 Å². The second-order valence-corrected chi connectivity index (χ2v) is 5.69. The minimum Gasteiger partial charge on any atom is -0.249 e. The standard InChI is InChI=1S/C6H16O4Si/c1-5-11(6-2,9-7-3)10-8-4/h5-6H2,1-4H3. The Morgan fingerprint density at radius 3 is 1.45 bits per heavy atom. The van der Waals surface area contributed by atoms with Gasteiger partial charge in [-0.1, -0.05) is 13.8 Å². The highest BCUT2D eigenvalue weighted by molar-refractivity contribution is 6.66. The molecule has 0 heterocycles. The van der Waals surface area contributed by atoms with Crippen LogP contribution in [-0.2, 0) is 18.9 Å². The lowest BCUT2D eigenvalue weighted by atomic mass is 10.9. The van der Waals surface area contributed by atoms with E-state index in [2.05, 4.69) is 9.78 Å². The minimum absolute atomic E-state index is 0.811. The summed E-state index contributed by atoms with van der Waals surface area (Å²) in [4.78, 5) is 9.20. The molecule has 0 saturated heterocycles. The van der Waals surface area contributed by atoms with Gasteiger partial charge in [-0.3, -0.25) is 0 Å². The molecule has 0 aliphatic carbocycles. The van der Waals surface area contributed by atoms with Crippen molar-refractivity contribution < 1.29 is 18.9 Å². The zero-order valence-electron chi connectivity index (χ0n) is 7.55. The number of hydrogen-bond acceptors (Lipinski definition) is 4. The third-order valence-corrected chi connectivity index (χ3v) is 4.64. The van der Waals surface area contributed by atoms with Gasteiger partial charge in [0, 0.05) is 0 Å². The SMILES string of the molecule is CC[Si](CC)(OOC)OOC. The molecule has 0 radical (unpaired) electrons. The van der Waals surface area contributed by atoms with E-state index < -0.39 is 8.56 Å². The second-order valence-electron chi connectivity index (χ2n) is 2.12. The van der Waals surface area contributed by atoms with Crippen molar-refractivity contribution in [3.63, 3.8) is 0 Å². The fourth-order valence-electron chi connectivity index (χ4n) is 0.803. The molecule has 11 heavy (non-hydrogen) atoms. The van der Waals surface area contributed by atoms with E-state index in [4.69, 9.17) is 9.15 Å². The molecule has 68 valence electrons. The van der Waals surface area contributed by atoms with Gasteiger partial charge in [-0.25, -0.2) is 18.9 Å². The maximum atomic E-state index is 5.06. The van der Waals surface area contributed by atoms with Gasteiger partial charge in [0.25, 0.3) is 0 Å². The molecule has 4 nitrogen and oxygen atoms in total. The van der Waals surface area contributed by atoms with Crippen LogP contribution in [0.2, 0.25) is 12.1 Å². The van der Waals surface area contributed by atoms with E-state index in [1.165, 1.54) is 14.2 Å².